The Balaban J connectivity index is 0.693. The number of nitrogens with one attached hydrogen (secondary N) is 3. The molecule has 6 aromatic rings. The maximum Gasteiger partial charge on any atom is 0.297 e. The van der Waals surface area contributed by atoms with Crippen LogP contribution in [0.15, 0.2) is 84.0 Å². The molecule has 10 heterocycles. The molecule has 9 aliphatic rings. The molecule has 5 atom stereocenters. The summed E-state index contributed by atoms with van der Waals surface area (Å²) in [5.41, 5.74) is 9.23. The molecular weight excluding hydrogens is 1140 g/mol. The number of hydrogen-bond donors (Lipinski definition) is 3. The number of fused-ring (bicyclic) bond motifs is 5. The minimum absolute atomic E-state index is 0.000896. The smallest absolute Gasteiger partial charge is 0.297 e. The van der Waals surface area contributed by atoms with Crippen molar-refractivity contribution in [2.24, 2.45) is 11.3 Å². The van der Waals surface area contributed by atoms with Gasteiger partial charge in [0.15, 0.2) is 11.4 Å². The first-order chi connectivity index (χ1) is 42.6. The van der Waals surface area contributed by atoms with E-state index < -0.39 is 37.5 Å². The number of aromatic amines is 1. The molecule has 3 N–H and O–H groups in total. The number of ether oxygens (including phenoxy) is 5. The Morgan fingerprint density at radius 2 is 1.69 bits per heavy atom. The van der Waals surface area contributed by atoms with Gasteiger partial charge in [-0.1, -0.05) is 44.5 Å². The van der Waals surface area contributed by atoms with Crippen LogP contribution in [0.2, 0.25) is 0 Å². The van der Waals surface area contributed by atoms with Gasteiger partial charge in [-0.05, 0) is 142 Å². The summed E-state index contributed by atoms with van der Waals surface area (Å²) < 4.78 is 62.1. The van der Waals surface area contributed by atoms with E-state index in [0.29, 0.717) is 67.7 Å². The molecule has 6 fully saturated rings. The summed E-state index contributed by atoms with van der Waals surface area (Å²) in [6, 6.07) is 21.1. The van der Waals surface area contributed by atoms with Crippen molar-refractivity contribution in [1.82, 2.24) is 29.5 Å². The van der Waals surface area contributed by atoms with Crippen molar-refractivity contribution in [3.8, 4) is 17.4 Å². The van der Waals surface area contributed by atoms with E-state index in [2.05, 4.69) is 92.8 Å². The average Bonchev–Trinajstić information content (AvgIpc) is 0.909. The number of aryl methyl sites for hydroxylation is 1. The second kappa shape index (κ2) is 22.5. The van der Waals surface area contributed by atoms with Crippen LogP contribution in [-0.4, -0.2) is 141 Å². The van der Waals surface area contributed by atoms with Crippen molar-refractivity contribution in [2.45, 2.75) is 151 Å². The Kier molecular flexibility index (Phi) is 14.7. The third kappa shape index (κ3) is 10.2. The van der Waals surface area contributed by atoms with Crippen LogP contribution in [0.5, 0.6) is 17.4 Å². The fraction of sp³-hybridized carbons (Fsp3) is 0.537. The molecular formula is C67H80N10O10S. The zero-order valence-electron chi connectivity index (χ0n) is 50.8. The van der Waals surface area contributed by atoms with Crippen LogP contribution in [0.1, 0.15) is 148 Å². The minimum atomic E-state index is -4.72. The number of piperazine rings is 1. The van der Waals surface area contributed by atoms with Gasteiger partial charge in [-0.3, -0.25) is 29.7 Å². The Bertz CT molecular complexity index is 3810. The number of carbonyl (C=O) groups excluding carboxylic acids is 1. The number of pyridine rings is 2. The molecule has 464 valence electrons. The lowest BCUT2D eigenvalue weighted by Gasteiger charge is -2.58. The molecule has 1 spiro atoms. The van der Waals surface area contributed by atoms with E-state index in [1.807, 2.05) is 30.5 Å². The number of carbonyl (C=O) groups is 1. The fourth-order valence-corrected chi connectivity index (χ4v) is 17.3. The van der Waals surface area contributed by atoms with Crippen LogP contribution in [-0.2, 0) is 24.9 Å². The van der Waals surface area contributed by atoms with Crippen molar-refractivity contribution in [2.75, 3.05) is 87.5 Å². The lowest BCUT2D eigenvalue weighted by molar-refractivity contribution is -0.384. The minimum Gasteiger partial charge on any atom is -0.491 e. The summed E-state index contributed by atoms with van der Waals surface area (Å²) in [7, 11) is -4.72. The van der Waals surface area contributed by atoms with Crippen molar-refractivity contribution >= 4 is 55.4 Å². The van der Waals surface area contributed by atoms with Gasteiger partial charge in [0.2, 0.25) is 5.88 Å². The highest BCUT2D eigenvalue weighted by atomic mass is 32.2. The van der Waals surface area contributed by atoms with Gasteiger partial charge in [0, 0.05) is 118 Å². The summed E-state index contributed by atoms with van der Waals surface area (Å²) >= 11 is 0. The van der Waals surface area contributed by atoms with Crippen LogP contribution in [0.25, 0.3) is 11.0 Å². The molecule has 1 unspecified atom stereocenters. The summed E-state index contributed by atoms with van der Waals surface area (Å²) in [5, 5.41) is 16.8. The van der Waals surface area contributed by atoms with Gasteiger partial charge in [-0.2, -0.15) is 4.98 Å². The number of nitro benzene ring substituents is 1. The first-order valence-electron chi connectivity index (χ1n) is 32.1. The summed E-state index contributed by atoms with van der Waals surface area (Å²) in [4.78, 5) is 49.9. The quantitative estimate of drug-likeness (QED) is 0.0766. The van der Waals surface area contributed by atoms with Gasteiger partial charge in [0.05, 0.1) is 52.1 Å². The molecule has 7 aliphatic heterocycles. The highest BCUT2D eigenvalue weighted by molar-refractivity contribution is 7.90. The van der Waals surface area contributed by atoms with Crippen molar-refractivity contribution in [1.29, 1.82) is 0 Å². The van der Waals surface area contributed by atoms with E-state index in [0.717, 1.165) is 107 Å². The largest absolute Gasteiger partial charge is 0.491 e. The number of H-pyrrole nitrogens is 1. The van der Waals surface area contributed by atoms with Crippen LogP contribution < -0.4 is 34.0 Å². The maximum absolute atomic E-state index is 15.0. The molecule has 0 radical (unpaired) electrons. The van der Waals surface area contributed by atoms with Crippen LogP contribution in [0.4, 0.5) is 28.4 Å². The van der Waals surface area contributed by atoms with Crippen LogP contribution in [0.3, 0.4) is 0 Å². The number of nitro groups is 1. The van der Waals surface area contributed by atoms with E-state index in [-0.39, 0.29) is 64.5 Å². The van der Waals surface area contributed by atoms with E-state index in [4.69, 9.17) is 33.7 Å². The van der Waals surface area contributed by atoms with Gasteiger partial charge in [-0.15, -0.1) is 0 Å². The Hall–Kier alpha value is -7.04. The lowest BCUT2D eigenvalue weighted by atomic mass is 9.59. The van der Waals surface area contributed by atoms with Crippen molar-refractivity contribution in [3.63, 3.8) is 0 Å². The molecule has 1 amide bonds. The van der Waals surface area contributed by atoms with Crippen molar-refractivity contribution in [3.05, 3.63) is 123 Å². The normalized spacial score (nSPS) is 25.1. The first-order valence-corrected chi connectivity index (χ1v) is 33.6. The van der Waals surface area contributed by atoms with Gasteiger partial charge < -0.3 is 43.8 Å². The average molecular weight is 1220 g/mol. The zero-order chi connectivity index (χ0) is 60.2. The molecule has 2 saturated carbocycles. The molecule has 0 bridgehead atoms. The van der Waals surface area contributed by atoms with Gasteiger partial charge in [0.1, 0.15) is 29.8 Å². The van der Waals surface area contributed by atoms with E-state index in [1.54, 1.807) is 6.07 Å². The first kappa shape index (κ1) is 57.4. The summed E-state index contributed by atoms with van der Waals surface area (Å²) in [6.45, 7) is 16.8. The molecule has 20 nitrogen and oxygen atoms in total. The number of aromatic nitrogens is 3. The molecule has 4 saturated heterocycles. The number of rotatable bonds is 12. The topological polar surface area (TPSA) is 219 Å². The maximum atomic E-state index is 15.0. The fourth-order valence-electron chi connectivity index (χ4n) is 16.3. The van der Waals surface area contributed by atoms with Gasteiger partial charge in [-0.25, -0.2) is 13.1 Å². The number of anilines is 4. The molecule has 3 aromatic carbocycles. The third-order valence-corrected chi connectivity index (χ3v) is 23.0. The molecule has 3 aromatic heterocycles. The number of benzene rings is 3. The van der Waals surface area contributed by atoms with E-state index >= 15 is 4.79 Å². The Morgan fingerprint density at radius 3 is 2.48 bits per heavy atom. The summed E-state index contributed by atoms with van der Waals surface area (Å²) in [6.07, 6.45) is 14.6. The van der Waals surface area contributed by atoms with E-state index in [1.165, 1.54) is 53.3 Å². The van der Waals surface area contributed by atoms with Gasteiger partial charge >= 0.3 is 0 Å². The number of sulfonamides is 1. The molecule has 2 aliphatic carbocycles. The van der Waals surface area contributed by atoms with Crippen LogP contribution >= 0.6 is 0 Å². The zero-order valence-corrected chi connectivity index (χ0v) is 51.6. The monoisotopic (exact) mass is 1220 g/mol. The van der Waals surface area contributed by atoms with Crippen LogP contribution in [0, 0.1) is 28.4 Å². The SMILES string of the molecule is Cc1ccccc1[C@@H]1CN(C(C)c2cnc(C3CCC3)c3c2C(C)(C)CCO3)CCN1C1CC2(CCN(c3ccc(C(=O)NS(=O)(=O)c4cc5c(c([N+](=O)[O-])c4)N[C@H](C4CCOCC4)CO5)c(N4c5cc6cc[nH]c6nc5O[C@H]5COCC[C@@H]54)c3)CC2)C1. The Labute approximate surface area is 514 Å². The predicted molar refractivity (Wildman–Crippen MR) is 334 cm³/mol. The van der Waals surface area contributed by atoms with E-state index in [9.17, 15) is 18.5 Å². The Morgan fingerprint density at radius 1 is 0.886 bits per heavy atom. The summed E-state index contributed by atoms with van der Waals surface area (Å²) in [5.74, 6) is 1.24. The second-order valence-corrected chi connectivity index (χ2v) is 28.8. The third-order valence-electron chi connectivity index (χ3n) is 21.7. The highest BCUT2D eigenvalue weighted by Crippen LogP contribution is 2.55. The lowest BCUT2D eigenvalue weighted by Crippen LogP contribution is -2.60. The molecule has 15 rings (SSSR count). The standard InChI is InChI=1S/C67H80N10O10S/c1-40-8-5-6-11-48(40)56-37-74(41(2)50-36-69-60(43-9-7-10-43)62-59(50)66(3,4)20-29-85-62)24-25-75(56)46-34-67(35-46)18-22-73(23-19-67)45-12-13-49(53(31-45)76-52-17-28-84-39-58(52)87-65-55(76)30-44-14-21-68-63(44)71-65)64(78)72-88(81,82)47-32-54(77(79)80)61-57(33-47)86-38-51(70-61)42-15-26-83-27-16-42/h5-6,8,11-14,21,30-33,36,41-43,46,51-52,56,58,70H,7,9-10,15-20,22-29,34-35,37-39H2,1-4H3,(H,68,71)(H,72,78)/t41?,51-,52-,56-,58-/m0/s1. The molecule has 88 heavy (non-hydrogen) atoms. The van der Waals surface area contributed by atoms with Crippen molar-refractivity contribution < 1.29 is 41.8 Å². The second-order valence-electron chi connectivity index (χ2n) is 27.1. The highest BCUT2D eigenvalue weighted by Gasteiger charge is 2.51. The number of hydrogen-bond acceptors (Lipinski definition) is 17. The number of nitrogens with zero attached hydrogens (tertiary/aromatic N) is 7. The number of piperidine rings is 1. The predicted octanol–water partition coefficient (Wildman–Crippen LogP) is 10.8. The molecule has 21 heteroatoms. The van der Waals surface area contributed by atoms with Gasteiger partial charge in [0.25, 0.3) is 21.6 Å². The number of amides is 1.